The van der Waals surface area contributed by atoms with Crippen molar-refractivity contribution in [2.75, 3.05) is 0 Å². The Morgan fingerprint density at radius 3 is 2.65 bits per heavy atom. The summed E-state index contributed by atoms with van der Waals surface area (Å²) in [6.45, 7) is 0. The summed E-state index contributed by atoms with van der Waals surface area (Å²) in [4.78, 5) is 12.4. The van der Waals surface area contributed by atoms with Gasteiger partial charge in [-0.15, -0.1) is 0 Å². The molecule has 0 bridgehead atoms. The van der Waals surface area contributed by atoms with Gasteiger partial charge in [0.05, 0.1) is 11.6 Å². The van der Waals surface area contributed by atoms with Crippen LogP contribution in [0.25, 0.3) is 6.08 Å². The number of benzene rings is 2. The van der Waals surface area contributed by atoms with E-state index in [1.165, 1.54) is 36.4 Å². The van der Waals surface area contributed by atoms with Crippen molar-refractivity contribution in [3.8, 4) is 6.07 Å². The number of carbonyl (C=O) groups is 1. The van der Waals surface area contributed by atoms with Crippen LogP contribution >= 0.6 is 11.6 Å². The molecular weight excluding hydrogens is 277 g/mol. The average molecular weight is 286 g/mol. The highest BCUT2D eigenvalue weighted by molar-refractivity contribution is 6.31. The molecule has 0 spiro atoms. The van der Waals surface area contributed by atoms with Gasteiger partial charge in [-0.25, -0.2) is 4.39 Å². The molecule has 98 valence electrons. The molecule has 0 heterocycles. The first-order chi connectivity index (χ1) is 9.63. The smallest absolute Gasteiger partial charge is 0.196 e. The van der Waals surface area contributed by atoms with Crippen molar-refractivity contribution in [1.82, 2.24) is 0 Å². The molecule has 0 aliphatic rings. The van der Waals surface area contributed by atoms with Crippen molar-refractivity contribution in [2.45, 2.75) is 0 Å². The predicted molar refractivity (Wildman–Crippen MR) is 75.9 cm³/mol. The Morgan fingerprint density at radius 2 is 1.95 bits per heavy atom. The topological polar surface area (TPSA) is 40.9 Å². The number of nitriles is 1. The van der Waals surface area contributed by atoms with Crippen LogP contribution in [0.3, 0.4) is 0 Å². The molecular formula is C16H9ClFNO. The lowest BCUT2D eigenvalue weighted by molar-refractivity contribution is 0.103. The van der Waals surface area contributed by atoms with Crippen LogP contribution in [0.15, 0.2) is 48.5 Å². The summed E-state index contributed by atoms with van der Waals surface area (Å²) in [6, 6.07) is 12.3. The fraction of sp³-hybridized carbons (Fsp3) is 0. The number of halogens is 2. The zero-order valence-corrected chi connectivity index (χ0v) is 11.1. The molecule has 0 saturated heterocycles. The van der Waals surface area contributed by atoms with Crippen LogP contribution in [0.4, 0.5) is 4.39 Å². The number of rotatable bonds is 3. The normalized spacial score (nSPS) is 10.4. The van der Waals surface area contributed by atoms with Gasteiger partial charge in [0, 0.05) is 16.7 Å². The van der Waals surface area contributed by atoms with E-state index in [-0.39, 0.29) is 11.1 Å². The van der Waals surface area contributed by atoms with E-state index in [0.717, 1.165) is 0 Å². The highest BCUT2D eigenvalue weighted by Crippen LogP contribution is 2.22. The van der Waals surface area contributed by atoms with E-state index < -0.39 is 11.6 Å². The van der Waals surface area contributed by atoms with Crippen molar-refractivity contribution in [3.63, 3.8) is 0 Å². The number of hydrogen-bond acceptors (Lipinski definition) is 2. The molecule has 0 aromatic heterocycles. The minimum Gasteiger partial charge on any atom is -0.288 e. The summed E-state index contributed by atoms with van der Waals surface area (Å²) in [7, 11) is 0. The van der Waals surface area contributed by atoms with Crippen LogP contribution in [0.2, 0.25) is 5.02 Å². The van der Waals surface area contributed by atoms with E-state index in [9.17, 15) is 9.18 Å². The molecule has 20 heavy (non-hydrogen) atoms. The van der Waals surface area contributed by atoms with Gasteiger partial charge in [-0.1, -0.05) is 29.8 Å². The maximum Gasteiger partial charge on any atom is 0.196 e. The molecule has 2 nitrogen and oxygen atoms in total. The second kappa shape index (κ2) is 6.14. The third kappa shape index (κ3) is 2.93. The third-order valence-electron chi connectivity index (χ3n) is 2.72. The zero-order valence-electron chi connectivity index (χ0n) is 10.3. The van der Waals surface area contributed by atoms with Gasteiger partial charge in [0.2, 0.25) is 0 Å². The molecule has 0 atom stereocenters. The van der Waals surface area contributed by atoms with Crippen molar-refractivity contribution in [3.05, 3.63) is 76.1 Å². The van der Waals surface area contributed by atoms with Crippen molar-refractivity contribution in [1.29, 1.82) is 5.26 Å². The van der Waals surface area contributed by atoms with Crippen molar-refractivity contribution in [2.24, 2.45) is 0 Å². The van der Waals surface area contributed by atoms with Crippen LogP contribution < -0.4 is 0 Å². The predicted octanol–water partition coefficient (Wildman–Crippen LogP) is 4.25. The van der Waals surface area contributed by atoms with Crippen molar-refractivity contribution >= 4 is 23.5 Å². The summed E-state index contributed by atoms with van der Waals surface area (Å²) in [5.74, 6) is -1.06. The SMILES string of the molecule is N#CC=Cc1ccc(Cl)cc1C(=O)c1ccccc1F. The largest absolute Gasteiger partial charge is 0.288 e. The minimum atomic E-state index is -0.590. The van der Waals surface area contributed by atoms with Gasteiger partial charge >= 0.3 is 0 Å². The lowest BCUT2D eigenvalue weighted by atomic mass is 9.98. The van der Waals surface area contributed by atoms with E-state index in [0.29, 0.717) is 10.6 Å². The van der Waals surface area contributed by atoms with Crippen LogP contribution in [-0.4, -0.2) is 5.78 Å². The first-order valence-electron chi connectivity index (χ1n) is 5.78. The summed E-state index contributed by atoms with van der Waals surface area (Å²) < 4.78 is 13.7. The minimum absolute atomic E-state index is 0.0265. The fourth-order valence-corrected chi connectivity index (χ4v) is 1.96. The molecule has 2 aromatic rings. The quantitative estimate of drug-likeness (QED) is 0.625. The van der Waals surface area contributed by atoms with Crippen LogP contribution in [0.1, 0.15) is 21.5 Å². The standard InChI is InChI=1S/C16H9ClFNO/c17-12-8-7-11(4-3-9-19)14(10-12)16(20)13-5-1-2-6-15(13)18/h1-8,10H. The van der Waals surface area contributed by atoms with Gasteiger partial charge in [-0.05, 0) is 35.9 Å². The third-order valence-corrected chi connectivity index (χ3v) is 2.95. The first kappa shape index (κ1) is 14.0. The lowest BCUT2D eigenvalue weighted by Gasteiger charge is -2.07. The molecule has 0 aliphatic heterocycles. The summed E-state index contributed by atoms with van der Waals surface area (Å²) >= 11 is 5.89. The van der Waals surface area contributed by atoms with Gasteiger partial charge in [0.1, 0.15) is 5.82 Å². The maximum atomic E-state index is 13.7. The van der Waals surface area contributed by atoms with E-state index >= 15 is 0 Å². The number of carbonyl (C=O) groups excluding carboxylic acids is 1. The van der Waals surface area contributed by atoms with Crippen LogP contribution in [0.5, 0.6) is 0 Å². The molecule has 0 aliphatic carbocycles. The molecule has 0 saturated carbocycles. The summed E-state index contributed by atoms with van der Waals surface area (Å²) in [6.07, 6.45) is 2.74. The van der Waals surface area contributed by atoms with E-state index in [1.807, 2.05) is 6.07 Å². The van der Waals surface area contributed by atoms with Crippen LogP contribution in [0, 0.1) is 17.1 Å². The number of ketones is 1. The monoisotopic (exact) mass is 285 g/mol. The van der Waals surface area contributed by atoms with Crippen molar-refractivity contribution < 1.29 is 9.18 Å². The lowest BCUT2D eigenvalue weighted by Crippen LogP contribution is -2.06. The molecule has 0 unspecified atom stereocenters. The Kier molecular flexibility index (Phi) is 4.29. The molecule has 2 rings (SSSR count). The molecule has 0 radical (unpaired) electrons. The van der Waals surface area contributed by atoms with Gasteiger partial charge < -0.3 is 0 Å². The Hall–Kier alpha value is -2.44. The highest BCUT2D eigenvalue weighted by atomic mass is 35.5. The fourth-order valence-electron chi connectivity index (χ4n) is 1.79. The van der Waals surface area contributed by atoms with Crippen LogP contribution in [-0.2, 0) is 0 Å². The first-order valence-corrected chi connectivity index (χ1v) is 6.16. The molecule has 4 heteroatoms. The van der Waals surface area contributed by atoms with Gasteiger partial charge in [-0.2, -0.15) is 5.26 Å². The molecule has 0 amide bonds. The number of hydrogen-bond donors (Lipinski definition) is 0. The Labute approximate surface area is 120 Å². The van der Waals surface area contributed by atoms with Gasteiger partial charge in [-0.3, -0.25) is 4.79 Å². The Morgan fingerprint density at radius 1 is 1.20 bits per heavy atom. The van der Waals surface area contributed by atoms with E-state index in [1.54, 1.807) is 18.2 Å². The zero-order chi connectivity index (χ0) is 14.5. The maximum absolute atomic E-state index is 13.7. The summed E-state index contributed by atoms with van der Waals surface area (Å²) in [5.41, 5.74) is 0.750. The van der Waals surface area contributed by atoms with E-state index in [4.69, 9.17) is 16.9 Å². The second-order valence-corrected chi connectivity index (χ2v) is 4.44. The molecule has 0 fully saturated rings. The number of nitrogens with zero attached hydrogens (tertiary/aromatic N) is 1. The second-order valence-electron chi connectivity index (χ2n) is 4.00. The average Bonchev–Trinajstić information content (AvgIpc) is 2.46. The Balaban J connectivity index is 2.55. The molecule has 2 aromatic carbocycles. The summed E-state index contributed by atoms with van der Waals surface area (Å²) in [5, 5.41) is 8.94. The van der Waals surface area contributed by atoms with Gasteiger partial charge in [0.25, 0.3) is 0 Å². The highest BCUT2D eigenvalue weighted by Gasteiger charge is 2.16. The Bertz CT molecular complexity index is 731. The van der Waals surface area contributed by atoms with E-state index in [2.05, 4.69) is 0 Å². The molecule has 0 N–H and O–H groups in total. The van der Waals surface area contributed by atoms with Gasteiger partial charge in [0.15, 0.2) is 5.78 Å². The number of allylic oxidation sites excluding steroid dienone is 1.